The highest BCUT2D eigenvalue weighted by Crippen LogP contribution is 2.38. The number of nitrogens with one attached hydrogen (secondary N) is 2. The quantitative estimate of drug-likeness (QED) is 0.133. The van der Waals surface area contributed by atoms with Crippen molar-refractivity contribution in [3.05, 3.63) is 167 Å². The van der Waals surface area contributed by atoms with Crippen molar-refractivity contribution in [2.75, 3.05) is 26.2 Å². The molecule has 64 heavy (non-hydrogen) atoms. The molecule has 0 bridgehead atoms. The number of carbonyl (C=O) groups excluding carboxylic acids is 2. The van der Waals surface area contributed by atoms with E-state index in [2.05, 4.69) is 44.9 Å². The molecule has 0 saturated carbocycles. The Morgan fingerprint density at radius 3 is 1.83 bits per heavy atom. The molecule has 5 N–H and O–H groups in total. The van der Waals surface area contributed by atoms with Gasteiger partial charge in [0.2, 0.25) is 0 Å². The number of hydrogen-bond acceptors (Lipinski definition) is 10. The van der Waals surface area contributed by atoms with Gasteiger partial charge in [-0.3, -0.25) is 14.8 Å². The van der Waals surface area contributed by atoms with Crippen LogP contribution in [0.2, 0.25) is 0 Å². The first kappa shape index (κ1) is 43.6. The molecule has 0 radical (unpaired) electrons. The van der Waals surface area contributed by atoms with Crippen LogP contribution in [-0.4, -0.2) is 81.8 Å². The number of rotatable bonds is 5. The van der Waals surface area contributed by atoms with Crippen LogP contribution in [0.3, 0.4) is 0 Å². The molecule has 0 aliphatic carbocycles. The first-order valence-corrected chi connectivity index (χ1v) is 21.4. The molecule has 2 saturated heterocycles. The zero-order valence-electron chi connectivity index (χ0n) is 36.1. The van der Waals surface area contributed by atoms with Gasteiger partial charge in [0.05, 0.1) is 18.0 Å². The Kier molecular flexibility index (Phi) is 13.0. The first-order chi connectivity index (χ1) is 30.9. The van der Waals surface area contributed by atoms with E-state index >= 15 is 0 Å². The maximum atomic E-state index is 12.9. The van der Waals surface area contributed by atoms with E-state index in [0.29, 0.717) is 31.9 Å². The third-order valence-electron chi connectivity index (χ3n) is 11.6. The average molecular weight is 861 g/mol. The van der Waals surface area contributed by atoms with E-state index in [4.69, 9.17) is 25.1 Å². The Morgan fingerprint density at radius 2 is 1.27 bits per heavy atom. The summed E-state index contributed by atoms with van der Waals surface area (Å²) in [6.07, 6.45) is 6.58. The lowest BCUT2D eigenvalue weighted by Gasteiger charge is -2.24. The van der Waals surface area contributed by atoms with Gasteiger partial charge in [-0.25, -0.2) is 9.59 Å². The molecule has 4 aliphatic rings. The molecule has 328 valence electrons. The lowest BCUT2D eigenvalue weighted by molar-refractivity contribution is 0.0290. The van der Waals surface area contributed by atoms with Crippen LogP contribution >= 0.6 is 0 Å². The number of aromatic carboxylic acids is 1. The zero-order chi connectivity index (χ0) is 44.8. The average Bonchev–Trinajstić information content (AvgIpc) is 3.95. The van der Waals surface area contributed by atoms with E-state index in [9.17, 15) is 14.4 Å². The summed E-state index contributed by atoms with van der Waals surface area (Å²) in [4.78, 5) is 45.6. The SMILES string of the molecule is CC(C)(C)OC(=O)N1C[C@@H](N)[C@H](c2ccccc2)C1.O=C(N[C@@H]1CNC[C@H]1c1ccccc1)c1ccc2c(c1)COc1cnccc1-2.O=C(O)c1ccc2c(c1)COc1cnccc1-2. The number of benzene rings is 4. The molecule has 0 unspecified atom stereocenters. The van der Waals surface area contributed by atoms with E-state index < -0.39 is 11.6 Å². The van der Waals surface area contributed by atoms with E-state index in [1.165, 1.54) is 11.1 Å². The molecule has 2 fully saturated rings. The summed E-state index contributed by atoms with van der Waals surface area (Å²) in [5.41, 5.74) is 15.1. The molecular weight excluding hydrogens is 809 g/mol. The Morgan fingerprint density at radius 1 is 0.719 bits per heavy atom. The van der Waals surface area contributed by atoms with Crippen LogP contribution in [0.15, 0.2) is 134 Å². The van der Waals surface area contributed by atoms with Gasteiger partial charge < -0.3 is 40.6 Å². The summed E-state index contributed by atoms with van der Waals surface area (Å²) >= 11 is 0. The number of nitrogens with zero attached hydrogens (tertiary/aromatic N) is 3. The van der Waals surface area contributed by atoms with Crippen LogP contribution in [0.5, 0.6) is 11.5 Å². The third-order valence-corrected chi connectivity index (χ3v) is 11.6. The van der Waals surface area contributed by atoms with Crippen LogP contribution in [-0.2, 0) is 18.0 Å². The smallest absolute Gasteiger partial charge is 0.410 e. The van der Waals surface area contributed by atoms with Gasteiger partial charge in [0.25, 0.3) is 5.91 Å². The number of pyridine rings is 2. The number of hydrogen-bond donors (Lipinski definition) is 4. The minimum atomic E-state index is -0.923. The largest absolute Gasteiger partial charge is 0.487 e. The fraction of sp³-hybridized carbons (Fsp3) is 0.275. The lowest BCUT2D eigenvalue weighted by atomic mass is 9.93. The van der Waals surface area contributed by atoms with Gasteiger partial charge in [-0.15, -0.1) is 0 Å². The van der Waals surface area contributed by atoms with Gasteiger partial charge in [-0.05, 0) is 90.6 Å². The minimum Gasteiger partial charge on any atom is -0.487 e. The second-order valence-corrected chi connectivity index (χ2v) is 17.2. The minimum absolute atomic E-state index is 0.0325. The number of likely N-dealkylation sites (tertiary alicyclic amines) is 1. The molecule has 13 nitrogen and oxygen atoms in total. The summed E-state index contributed by atoms with van der Waals surface area (Å²) in [6.45, 7) is 9.27. The molecule has 4 aliphatic heterocycles. The van der Waals surface area contributed by atoms with Gasteiger partial charge in [0, 0.05) is 79.2 Å². The lowest BCUT2D eigenvalue weighted by Crippen LogP contribution is -2.39. The summed E-state index contributed by atoms with van der Waals surface area (Å²) in [6, 6.07) is 35.2. The van der Waals surface area contributed by atoms with Crippen LogP contribution in [0.1, 0.15) is 75.6 Å². The van der Waals surface area contributed by atoms with E-state index in [1.54, 1.807) is 41.8 Å². The van der Waals surface area contributed by atoms with Crippen molar-refractivity contribution < 1.29 is 33.7 Å². The van der Waals surface area contributed by atoms with Crippen LogP contribution < -0.4 is 25.8 Å². The normalized spacial score (nSPS) is 19.0. The van der Waals surface area contributed by atoms with E-state index in [1.807, 2.05) is 93.6 Å². The number of aromatic nitrogens is 2. The monoisotopic (exact) mass is 860 g/mol. The van der Waals surface area contributed by atoms with Crippen molar-refractivity contribution in [1.29, 1.82) is 0 Å². The number of nitrogens with two attached hydrogens (primary N) is 1. The number of carbonyl (C=O) groups is 3. The topological polar surface area (TPSA) is 178 Å². The second-order valence-electron chi connectivity index (χ2n) is 17.2. The van der Waals surface area contributed by atoms with Crippen LogP contribution in [0, 0.1) is 0 Å². The molecule has 4 atom stereocenters. The molecule has 2 amide bonds. The first-order valence-electron chi connectivity index (χ1n) is 21.4. The van der Waals surface area contributed by atoms with Crippen LogP contribution in [0.25, 0.3) is 22.3 Å². The van der Waals surface area contributed by atoms with Crippen molar-refractivity contribution in [3.8, 4) is 33.8 Å². The molecule has 10 rings (SSSR count). The van der Waals surface area contributed by atoms with Gasteiger partial charge >= 0.3 is 12.1 Å². The third kappa shape index (κ3) is 10.1. The van der Waals surface area contributed by atoms with Crippen molar-refractivity contribution in [1.82, 2.24) is 25.5 Å². The highest BCUT2D eigenvalue weighted by Gasteiger charge is 2.36. The van der Waals surface area contributed by atoms with Crippen LogP contribution in [0.4, 0.5) is 4.79 Å². The molecule has 6 heterocycles. The molecular formula is C51H52N6O7. The van der Waals surface area contributed by atoms with Crippen molar-refractivity contribution in [3.63, 3.8) is 0 Å². The maximum absolute atomic E-state index is 12.9. The number of carboxylic acid groups (broad SMARTS) is 1. The number of amides is 2. The molecule has 13 heteroatoms. The van der Waals surface area contributed by atoms with Gasteiger partial charge in [-0.2, -0.15) is 0 Å². The molecule has 4 aromatic carbocycles. The predicted molar refractivity (Wildman–Crippen MR) is 243 cm³/mol. The van der Waals surface area contributed by atoms with Gasteiger partial charge in [0.1, 0.15) is 30.3 Å². The van der Waals surface area contributed by atoms with Crippen molar-refractivity contribution >= 4 is 18.0 Å². The maximum Gasteiger partial charge on any atom is 0.410 e. The Balaban J connectivity index is 0.000000137. The second kappa shape index (κ2) is 19.1. The Labute approximate surface area is 372 Å². The summed E-state index contributed by atoms with van der Waals surface area (Å²) in [7, 11) is 0. The fourth-order valence-corrected chi connectivity index (χ4v) is 8.46. The summed E-state index contributed by atoms with van der Waals surface area (Å²) < 4.78 is 16.7. The number of carboxylic acids is 1. The fourth-order valence-electron chi connectivity index (χ4n) is 8.46. The summed E-state index contributed by atoms with van der Waals surface area (Å²) in [5.74, 6) is 1.03. The standard InChI is InChI=1S/C23H21N3O2.C15H22N2O2.C13H9NO3/c27-23(26-21-12-25-11-20(21)15-4-2-1-3-5-15)16-6-7-18-17(10-16)14-28-22-13-24-9-8-19(18)22;1-15(2,3)19-14(18)17-9-12(13(16)10-17)11-7-5-4-6-8-11;15-13(16)8-1-2-10-9(5-8)7-17-12-6-14-4-3-11(10)12/h1-10,13,20-21,25H,11-12,14H2,(H,26,27);4-8,12-13H,9-10,16H2,1-3H3;1-6H,7H2,(H,15,16)/t20-,21+;12-,13+;/m00./s1. The van der Waals surface area contributed by atoms with E-state index in [0.717, 1.165) is 58.0 Å². The van der Waals surface area contributed by atoms with Gasteiger partial charge in [-0.1, -0.05) is 72.8 Å². The predicted octanol–water partition coefficient (Wildman–Crippen LogP) is 7.81. The summed E-state index contributed by atoms with van der Waals surface area (Å²) in [5, 5.41) is 15.5. The Hall–Kier alpha value is -7.09. The van der Waals surface area contributed by atoms with Gasteiger partial charge in [0.15, 0.2) is 0 Å². The highest BCUT2D eigenvalue weighted by molar-refractivity contribution is 5.96. The number of ether oxygens (including phenoxy) is 3. The zero-order valence-corrected chi connectivity index (χ0v) is 36.1. The molecule has 0 spiro atoms. The molecule has 6 aromatic rings. The van der Waals surface area contributed by atoms with E-state index in [-0.39, 0.29) is 41.5 Å². The van der Waals surface area contributed by atoms with Crippen molar-refractivity contribution in [2.24, 2.45) is 5.73 Å². The highest BCUT2D eigenvalue weighted by atomic mass is 16.6. The Bertz CT molecular complexity index is 2620. The van der Waals surface area contributed by atoms with Crippen molar-refractivity contribution in [2.45, 2.75) is 63.5 Å². The number of fused-ring (bicyclic) bond motifs is 6. The molecule has 2 aromatic heterocycles.